The molecule has 1 atom stereocenters. The zero-order valence-corrected chi connectivity index (χ0v) is 17.0. The number of carbonyl (C=O) groups excluding carboxylic acids is 2. The average Bonchev–Trinajstić information content (AvgIpc) is 2.91. The van der Waals surface area contributed by atoms with Crippen LogP contribution in [0.1, 0.15) is 33.5 Å². The fourth-order valence-corrected chi connectivity index (χ4v) is 3.87. The number of carbonyl (C=O) groups is 2. The van der Waals surface area contributed by atoms with Gasteiger partial charge in [0.15, 0.2) is 11.4 Å². The number of benzene rings is 3. The van der Waals surface area contributed by atoms with E-state index in [4.69, 9.17) is 11.6 Å². The summed E-state index contributed by atoms with van der Waals surface area (Å²) in [5.74, 6) is -1.52. The van der Waals surface area contributed by atoms with Gasteiger partial charge < -0.3 is 10.0 Å². The number of aliphatic hydroxyl groups is 1. The van der Waals surface area contributed by atoms with E-state index in [1.807, 2.05) is 31.2 Å². The van der Waals surface area contributed by atoms with E-state index in [0.717, 1.165) is 11.1 Å². The smallest absolute Gasteiger partial charge is 0.264 e. The fourth-order valence-electron chi connectivity index (χ4n) is 3.70. The van der Waals surface area contributed by atoms with Gasteiger partial charge in [-0.1, -0.05) is 41.4 Å². The molecule has 0 aliphatic carbocycles. The Morgan fingerprint density at radius 2 is 1.73 bits per heavy atom. The van der Waals surface area contributed by atoms with Gasteiger partial charge in [0.05, 0.1) is 18.7 Å². The number of hydrogen-bond acceptors (Lipinski definition) is 3. The van der Waals surface area contributed by atoms with E-state index in [-0.39, 0.29) is 12.1 Å². The lowest BCUT2D eigenvalue weighted by molar-refractivity contribution is -0.136. The monoisotopic (exact) mass is 423 g/mol. The van der Waals surface area contributed by atoms with Crippen molar-refractivity contribution in [2.45, 2.75) is 25.5 Å². The average molecular weight is 424 g/mol. The highest BCUT2D eigenvalue weighted by molar-refractivity contribution is 6.31. The summed E-state index contributed by atoms with van der Waals surface area (Å²) >= 11 is 6.13. The van der Waals surface area contributed by atoms with Crippen LogP contribution in [0, 0.1) is 12.7 Å². The number of rotatable bonds is 5. The van der Waals surface area contributed by atoms with Gasteiger partial charge in [-0.15, -0.1) is 0 Å². The summed E-state index contributed by atoms with van der Waals surface area (Å²) in [6.07, 6.45) is -0.463. The van der Waals surface area contributed by atoms with Crippen molar-refractivity contribution in [3.05, 3.63) is 99.8 Å². The minimum absolute atomic E-state index is 0.221. The molecule has 6 heteroatoms. The second-order valence-corrected chi connectivity index (χ2v) is 7.94. The van der Waals surface area contributed by atoms with Crippen molar-refractivity contribution in [2.75, 3.05) is 4.90 Å². The van der Waals surface area contributed by atoms with Gasteiger partial charge in [-0.3, -0.25) is 9.59 Å². The molecule has 1 heterocycles. The van der Waals surface area contributed by atoms with Crippen molar-refractivity contribution in [2.24, 2.45) is 0 Å². The first kappa shape index (κ1) is 20.3. The number of halogens is 2. The molecule has 1 N–H and O–H groups in total. The Hall–Kier alpha value is -3.02. The third kappa shape index (κ3) is 3.62. The minimum Gasteiger partial charge on any atom is -0.375 e. The Labute approximate surface area is 178 Å². The molecule has 1 aliphatic heterocycles. The second-order valence-electron chi connectivity index (χ2n) is 7.51. The number of amides is 1. The van der Waals surface area contributed by atoms with E-state index in [1.54, 1.807) is 12.1 Å². The number of nitrogens with zero attached hydrogens (tertiary/aromatic N) is 1. The van der Waals surface area contributed by atoms with E-state index < -0.39 is 29.5 Å². The third-order valence-electron chi connectivity index (χ3n) is 5.34. The molecule has 3 aromatic rings. The Morgan fingerprint density at radius 3 is 2.40 bits per heavy atom. The molecule has 0 saturated carbocycles. The molecule has 3 aromatic carbocycles. The first-order chi connectivity index (χ1) is 14.3. The standard InChI is InChI=1S/C24H19ClFNO3/c1-15-2-4-16(5-3-15)14-27-21-11-8-18(25)12-20(21)24(30,23(27)29)13-22(28)17-6-9-19(26)10-7-17/h2-12,30H,13-14H2,1H3/t24-/m0/s1. The van der Waals surface area contributed by atoms with Crippen molar-refractivity contribution in [1.29, 1.82) is 0 Å². The van der Waals surface area contributed by atoms with Crippen LogP contribution in [0.25, 0.3) is 0 Å². The number of anilines is 1. The van der Waals surface area contributed by atoms with Gasteiger partial charge in [0, 0.05) is 16.1 Å². The zero-order valence-electron chi connectivity index (χ0n) is 16.2. The predicted molar refractivity (Wildman–Crippen MR) is 113 cm³/mol. The molecule has 152 valence electrons. The molecule has 4 nitrogen and oxygen atoms in total. The van der Waals surface area contributed by atoms with E-state index in [2.05, 4.69) is 0 Å². The van der Waals surface area contributed by atoms with E-state index >= 15 is 0 Å². The summed E-state index contributed by atoms with van der Waals surface area (Å²) in [7, 11) is 0. The van der Waals surface area contributed by atoms with E-state index in [0.29, 0.717) is 16.3 Å². The topological polar surface area (TPSA) is 57.6 Å². The molecule has 0 fully saturated rings. The molecule has 0 unspecified atom stereocenters. The summed E-state index contributed by atoms with van der Waals surface area (Å²) in [5.41, 5.74) is 0.973. The van der Waals surface area contributed by atoms with Crippen molar-refractivity contribution in [1.82, 2.24) is 0 Å². The summed E-state index contributed by atoms with van der Waals surface area (Å²) in [4.78, 5) is 27.5. The molecule has 4 rings (SSSR count). The first-order valence-electron chi connectivity index (χ1n) is 9.46. The number of ketones is 1. The summed E-state index contributed by atoms with van der Waals surface area (Å²) in [6.45, 7) is 2.22. The first-order valence-corrected chi connectivity index (χ1v) is 9.84. The van der Waals surface area contributed by atoms with E-state index in [1.165, 1.54) is 35.2 Å². The van der Waals surface area contributed by atoms with Crippen LogP contribution < -0.4 is 4.90 Å². The molecular formula is C24H19ClFNO3. The number of Topliss-reactive ketones (excluding diaryl/α,β-unsaturated/α-hetero) is 1. The summed E-state index contributed by atoms with van der Waals surface area (Å²) in [5, 5.41) is 11.7. The lowest BCUT2D eigenvalue weighted by Gasteiger charge is -2.23. The van der Waals surface area contributed by atoms with Gasteiger partial charge >= 0.3 is 0 Å². The van der Waals surface area contributed by atoms with Gasteiger partial charge in [0.2, 0.25) is 0 Å². The lowest BCUT2D eigenvalue weighted by Crippen LogP contribution is -2.41. The highest BCUT2D eigenvalue weighted by atomic mass is 35.5. The second kappa shape index (κ2) is 7.67. The molecule has 0 radical (unpaired) electrons. The maximum absolute atomic E-state index is 13.3. The predicted octanol–water partition coefficient (Wildman–Crippen LogP) is 4.79. The maximum Gasteiger partial charge on any atom is 0.264 e. The van der Waals surface area contributed by atoms with Gasteiger partial charge in [-0.05, 0) is 55.0 Å². The Morgan fingerprint density at radius 1 is 1.07 bits per heavy atom. The summed E-state index contributed by atoms with van der Waals surface area (Å²) in [6, 6.07) is 17.6. The summed E-state index contributed by atoms with van der Waals surface area (Å²) < 4.78 is 13.2. The molecule has 0 saturated heterocycles. The third-order valence-corrected chi connectivity index (χ3v) is 5.57. The van der Waals surface area contributed by atoms with Crippen molar-refractivity contribution in [3.63, 3.8) is 0 Å². The highest BCUT2D eigenvalue weighted by Gasteiger charge is 2.51. The van der Waals surface area contributed by atoms with Crippen LogP contribution in [0.3, 0.4) is 0 Å². The SMILES string of the molecule is Cc1ccc(CN2C(=O)[C@](O)(CC(=O)c3ccc(F)cc3)c3cc(Cl)ccc32)cc1. The van der Waals surface area contributed by atoms with Crippen LogP contribution in [0.2, 0.25) is 5.02 Å². The van der Waals surface area contributed by atoms with Crippen LogP contribution in [0.5, 0.6) is 0 Å². The van der Waals surface area contributed by atoms with Crippen LogP contribution in [-0.4, -0.2) is 16.8 Å². The van der Waals surface area contributed by atoms with Crippen LogP contribution >= 0.6 is 11.6 Å². The number of aryl methyl sites for hydroxylation is 1. The van der Waals surface area contributed by atoms with Gasteiger partial charge in [-0.2, -0.15) is 0 Å². The number of fused-ring (bicyclic) bond motifs is 1. The minimum atomic E-state index is -2.05. The normalized spacial score (nSPS) is 17.9. The number of hydrogen-bond donors (Lipinski definition) is 1. The fraction of sp³-hybridized carbons (Fsp3) is 0.167. The Kier molecular flexibility index (Phi) is 5.18. The molecule has 0 spiro atoms. The molecule has 0 bridgehead atoms. The maximum atomic E-state index is 13.3. The molecule has 1 amide bonds. The van der Waals surface area contributed by atoms with Crippen molar-refractivity contribution >= 4 is 29.0 Å². The molecule has 30 heavy (non-hydrogen) atoms. The van der Waals surface area contributed by atoms with Crippen LogP contribution in [-0.2, 0) is 16.9 Å². The molecular weight excluding hydrogens is 405 g/mol. The van der Waals surface area contributed by atoms with Crippen LogP contribution in [0.15, 0.2) is 66.7 Å². The molecule has 1 aliphatic rings. The Bertz CT molecular complexity index is 1130. The van der Waals surface area contributed by atoms with Crippen LogP contribution in [0.4, 0.5) is 10.1 Å². The lowest BCUT2D eigenvalue weighted by atomic mass is 9.88. The van der Waals surface area contributed by atoms with Crippen molar-refractivity contribution in [3.8, 4) is 0 Å². The van der Waals surface area contributed by atoms with Gasteiger partial charge in [-0.25, -0.2) is 4.39 Å². The largest absolute Gasteiger partial charge is 0.375 e. The van der Waals surface area contributed by atoms with Gasteiger partial charge in [0.25, 0.3) is 5.91 Å². The van der Waals surface area contributed by atoms with Crippen molar-refractivity contribution < 1.29 is 19.1 Å². The quantitative estimate of drug-likeness (QED) is 0.600. The molecule has 0 aromatic heterocycles. The Balaban J connectivity index is 1.70. The highest BCUT2D eigenvalue weighted by Crippen LogP contribution is 2.44. The van der Waals surface area contributed by atoms with Gasteiger partial charge in [0.1, 0.15) is 5.82 Å². The van der Waals surface area contributed by atoms with E-state index in [9.17, 15) is 19.1 Å². The zero-order chi connectivity index (χ0) is 21.5.